The van der Waals surface area contributed by atoms with Gasteiger partial charge in [0.1, 0.15) is 5.82 Å². The molecule has 0 aliphatic rings. The summed E-state index contributed by atoms with van der Waals surface area (Å²) in [5.41, 5.74) is 0.0130. The molecule has 156 valence electrons. The van der Waals surface area contributed by atoms with Crippen molar-refractivity contribution in [3.8, 4) is 0 Å². The number of amides is 2. The highest BCUT2D eigenvalue weighted by Crippen LogP contribution is 2.43. The second kappa shape index (κ2) is 8.60. The fourth-order valence-electron chi connectivity index (χ4n) is 2.70. The molecule has 2 unspecified atom stereocenters. The molecule has 0 fully saturated rings. The number of hydrogen-bond donors (Lipinski definition) is 2. The Bertz CT molecular complexity index is 888. The summed E-state index contributed by atoms with van der Waals surface area (Å²) in [5.74, 6) is -2.28. The van der Waals surface area contributed by atoms with Gasteiger partial charge in [0.05, 0.1) is 0 Å². The van der Waals surface area contributed by atoms with E-state index in [4.69, 9.17) is 4.84 Å². The van der Waals surface area contributed by atoms with Crippen LogP contribution in [-0.2, 0) is 9.63 Å². The molecule has 2 N–H and O–H groups in total. The Morgan fingerprint density at radius 1 is 1.14 bits per heavy atom. The predicted molar refractivity (Wildman–Crippen MR) is 101 cm³/mol. The molecule has 0 bridgehead atoms. The number of nitrogens with zero attached hydrogens (tertiary/aromatic N) is 1. The number of carbonyl (C=O) groups is 2. The molecule has 29 heavy (non-hydrogen) atoms. The van der Waals surface area contributed by atoms with E-state index in [2.05, 4.69) is 10.3 Å². The molecule has 0 aliphatic heterocycles. The van der Waals surface area contributed by atoms with Gasteiger partial charge in [-0.05, 0) is 43.7 Å². The monoisotopic (exact) mass is 409 g/mol. The first-order valence-electron chi connectivity index (χ1n) is 8.80. The minimum absolute atomic E-state index is 0.136. The van der Waals surface area contributed by atoms with E-state index in [1.807, 2.05) is 5.48 Å². The van der Waals surface area contributed by atoms with Crippen molar-refractivity contribution in [2.75, 3.05) is 5.32 Å². The molecular formula is C20H22F3N3O3. The van der Waals surface area contributed by atoms with E-state index >= 15 is 0 Å². The van der Waals surface area contributed by atoms with E-state index in [1.165, 1.54) is 38.1 Å². The molecule has 1 aromatic heterocycles. The van der Waals surface area contributed by atoms with Crippen molar-refractivity contribution in [3.63, 3.8) is 0 Å². The van der Waals surface area contributed by atoms with Crippen LogP contribution in [0.1, 0.15) is 48.3 Å². The Kier molecular flexibility index (Phi) is 6.63. The lowest BCUT2D eigenvalue weighted by molar-refractivity contribution is -0.291. The molecule has 9 heteroatoms. The zero-order valence-corrected chi connectivity index (χ0v) is 16.4. The molecule has 0 saturated heterocycles. The fraction of sp³-hybridized carbons (Fsp3) is 0.350. The van der Waals surface area contributed by atoms with Crippen LogP contribution < -0.4 is 10.8 Å². The Morgan fingerprint density at radius 3 is 2.31 bits per heavy atom. The van der Waals surface area contributed by atoms with Gasteiger partial charge in [0.15, 0.2) is 5.60 Å². The Labute approximate surface area is 166 Å². The molecule has 0 saturated carbocycles. The van der Waals surface area contributed by atoms with E-state index < -0.39 is 29.5 Å². The van der Waals surface area contributed by atoms with Gasteiger partial charge in [-0.3, -0.25) is 14.4 Å². The van der Waals surface area contributed by atoms with Crippen molar-refractivity contribution in [2.24, 2.45) is 0 Å². The summed E-state index contributed by atoms with van der Waals surface area (Å²) in [7, 11) is 0. The Hall–Kier alpha value is -2.94. The topological polar surface area (TPSA) is 80.3 Å². The normalized spacial score (nSPS) is 14.6. The maximum Gasteiger partial charge on any atom is 0.420 e. The number of halogens is 3. The van der Waals surface area contributed by atoms with Gasteiger partial charge >= 0.3 is 6.18 Å². The molecular weight excluding hydrogens is 387 g/mol. The summed E-state index contributed by atoms with van der Waals surface area (Å²) in [6.45, 7) is 5.06. The van der Waals surface area contributed by atoms with Crippen molar-refractivity contribution in [2.45, 2.75) is 45.4 Å². The average molecular weight is 409 g/mol. The summed E-state index contributed by atoms with van der Waals surface area (Å²) in [6, 6.07) is 10.6. The number of hydroxylamine groups is 1. The smallest absolute Gasteiger partial charge is 0.311 e. The van der Waals surface area contributed by atoms with Crippen molar-refractivity contribution in [1.82, 2.24) is 10.5 Å². The lowest BCUT2D eigenvalue weighted by atomic mass is 9.84. The average Bonchev–Trinajstić information content (AvgIpc) is 2.64. The molecule has 2 aromatic rings. The van der Waals surface area contributed by atoms with Gasteiger partial charge in [-0.15, -0.1) is 0 Å². The highest BCUT2D eigenvalue weighted by atomic mass is 19.4. The number of carbonyl (C=O) groups excluding carboxylic acids is 2. The minimum atomic E-state index is -4.80. The van der Waals surface area contributed by atoms with Crippen molar-refractivity contribution < 1.29 is 27.6 Å². The molecule has 1 heterocycles. The van der Waals surface area contributed by atoms with Crippen LogP contribution in [0.3, 0.4) is 0 Å². The zero-order chi connectivity index (χ0) is 21.8. The third-order valence-corrected chi connectivity index (χ3v) is 4.56. The van der Waals surface area contributed by atoms with Crippen molar-refractivity contribution >= 4 is 17.6 Å². The van der Waals surface area contributed by atoms with E-state index in [0.717, 1.165) is 6.92 Å². The van der Waals surface area contributed by atoms with Crippen LogP contribution in [-0.4, -0.2) is 28.6 Å². The minimum Gasteiger partial charge on any atom is -0.311 e. The Morgan fingerprint density at radius 2 is 1.76 bits per heavy atom. The maximum atomic E-state index is 13.9. The first-order chi connectivity index (χ1) is 13.4. The molecule has 2 amide bonds. The standard InChI is InChI=1S/C20H22F3N3O3/c1-12-10-16(11-17(24-12)25-14(3)27)13(2)19(4,20(21,22)23)29-26-18(28)15-8-6-5-7-9-15/h5-11,13H,1-4H3,(H,26,28)(H,24,25,27). The molecule has 1 aromatic carbocycles. The van der Waals surface area contributed by atoms with Crippen LogP contribution in [0.2, 0.25) is 0 Å². The van der Waals surface area contributed by atoms with Crippen LogP contribution in [0, 0.1) is 6.92 Å². The van der Waals surface area contributed by atoms with Gasteiger partial charge in [-0.2, -0.15) is 13.2 Å². The summed E-state index contributed by atoms with van der Waals surface area (Å²) in [5, 5.41) is 2.46. The predicted octanol–water partition coefficient (Wildman–Crippen LogP) is 4.13. The quantitative estimate of drug-likeness (QED) is 0.703. The zero-order valence-electron chi connectivity index (χ0n) is 16.4. The lowest BCUT2D eigenvalue weighted by Crippen LogP contribution is -2.52. The van der Waals surface area contributed by atoms with E-state index in [-0.39, 0.29) is 16.9 Å². The third kappa shape index (κ3) is 5.32. The largest absolute Gasteiger partial charge is 0.420 e. The number of hydrogen-bond acceptors (Lipinski definition) is 4. The van der Waals surface area contributed by atoms with Gasteiger partial charge in [0.2, 0.25) is 5.91 Å². The molecule has 2 rings (SSSR count). The number of pyridine rings is 1. The van der Waals surface area contributed by atoms with E-state index in [1.54, 1.807) is 25.1 Å². The second-order valence-electron chi connectivity index (χ2n) is 6.83. The number of alkyl halides is 3. The first kappa shape index (κ1) is 22.4. The Balaban J connectivity index is 2.32. The van der Waals surface area contributed by atoms with Crippen molar-refractivity contribution in [1.29, 1.82) is 0 Å². The fourth-order valence-corrected chi connectivity index (χ4v) is 2.70. The molecule has 6 nitrogen and oxygen atoms in total. The lowest BCUT2D eigenvalue weighted by Gasteiger charge is -2.36. The van der Waals surface area contributed by atoms with Crippen LogP contribution in [0.25, 0.3) is 0 Å². The van der Waals surface area contributed by atoms with Gasteiger partial charge in [-0.1, -0.05) is 25.1 Å². The summed E-state index contributed by atoms with van der Waals surface area (Å²) < 4.78 is 41.8. The maximum absolute atomic E-state index is 13.9. The number of rotatable bonds is 6. The summed E-state index contributed by atoms with van der Waals surface area (Å²) in [6.07, 6.45) is -4.80. The van der Waals surface area contributed by atoms with Gasteiger partial charge in [-0.25, -0.2) is 10.5 Å². The second-order valence-corrected chi connectivity index (χ2v) is 6.83. The van der Waals surface area contributed by atoms with Crippen LogP contribution in [0.15, 0.2) is 42.5 Å². The molecule has 2 atom stereocenters. The van der Waals surface area contributed by atoms with Crippen LogP contribution in [0.5, 0.6) is 0 Å². The first-order valence-corrected chi connectivity index (χ1v) is 8.80. The number of aryl methyl sites for hydroxylation is 1. The number of anilines is 1. The third-order valence-electron chi connectivity index (χ3n) is 4.56. The van der Waals surface area contributed by atoms with Gasteiger partial charge < -0.3 is 5.32 Å². The van der Waals surface area contributed by atoms with E-state index in [9.17, 15) is 22.8 Å². The highest BCUT2D eigenvalue weighted by Gasteiger charge is 2.57. The summed E-state index contributed by atoms with van der Waals surface area (Å²) in [4.78, 5) is 32.5. The van der Waals surface area contributed by atoms with E-state index in [0.29, 0.717) is 5.69 Å². The van der Waals surface area contributed by atoms with Gasteiger partial charge in [0, 0.05) is 24.1 Å². The summed E-state index contributed by atoms with van der Waals surface area (Å²) >= 11 is 0. The number of aromatic nitrogens is 1. The molecule has 0 spiro atoms. The van der Waals surface area contributed by atoms with Crippen molar-refractivity contribution in [3.05, 3.63) is 59.3 Å². The number of benzene rings is 1. The van der Waals surface area contributed by atoms with Gasteiger partial charge in [0.25, 0.3) is 5.91 Å². The highest BCUT2D eigenvalue weighted by molar-refractivity contribution is 5.93. The SMILES string of the molecule is CC(=O)Nc1cc(C(C)C(C)(ONC(=O)c2ccccc2)C(F)(F)F)cc(C)n1. The number of nitrogens with one attached hydrogen (secondary N) is 2. The molecule has 0 aliphatic carbocycles. The van der Waals surface area contributed by atoms with Crippen LogP contribution >= 0.6 is 0 Å². The van der Waals surface area contributed by atoms with Crippen LogP contribution in [0.4, 0.5) is 19.0 Å². The molecule has 0 radical (unpaired) electrons.